The third-order valence-electron chi connectivity index (χ3n) is 3.34. The molecular weight excluding hydrogens is 138 g/mol. The van der Waals surface area contributed by atoms with Crippen molar-refractivity contribution in [3.8, 4) is 0 Å². The van der Waals surface area contributed by atoms with E-state index >= 15 is 0 Å². The average molecular weight is 151 g/mol. The van der Waals surface area contributed by atoms with Gasteiger partial charge < -0.3 is 0 Å². The van der Waals surface area contributed by atoms with E-state index in [-0.39, 0.29) is 5.54 Å². The summed E-state index contributed by atoms with van der Waals surface area (Å²) in [6, 6.07) is 0. The third-order valence-corrected chi connectivity index (χ3v) is 3.34. The SMILES string of the molecule is O=C=NC12CCC(CC1)CC2. The Labute approximate surface area is 66.7 Å². The minimum Gasteiger partial charge on any atom is -0.211 e. The van der Waals surface area contributed by atoms with Crippen LogP contribution in [0.1, 0.15) is 38.5 Å². The van der Waals surface area contributed by atoms with Crippen LogP contribution >= 0.6 is 0 Å². The van der Waals surface area contributed by atoms with Gasteiger partial charge in [0, 0.05) is 0 Å². The smallest absolute Gasteiger partial charge is 0.211 e. The van der Waals surface area contributed by atoms with Gasteiger partial charge in [0.25, 0.3) is 0 Å². The van der Waals surface area contributed by atoms with Crippen molar-refractivity contribution in [3.05, 3.63) is 0 Å². The van der Waals surface area contributed by atoms with Crippen LogP contribution < -0.4 is 0 Å². The maximum atomic E-state index is 10.2. The second kappa shape index (κ2) is 2.46. The summed E-state index contributed by atoms with van der Waals surface area (Å²) in [5.41, 5.74) is 0.0382. The molecule has 0 N–H and O–H groups in total. The highest BCUT2D eigenvalue weighted by Crippen LogP contribution is 2.46. The van der Waals surface area contributed by atoms with E-state index in [1.54, 1.807) is 6.08 Å². The van der Waals surface area contributed by atoms with E-state index in [4.69, 9.17) is 0 Å². The third kappa shape index (κ3) is 1.12. The van der Waals surface area contributed by atoms with E-state index in [0.29, 0.717) is 0 Å². The van der Waals surface area contributed by atoms with E-state index in [9.17, 15) is 4.79 Å². The van der Waals surface area contributed by atoms with E-state index < -0.39 is 0 Å². The number of isocyanates is 1. The second-order valence-electron chi connectivity index (χ2n) is 3.91. The number of hydrogen-bond acceptors (Lipinski definition) is 2. The predicted molar refractivity (Wildman–Crippen MR) is 42.0 cm³/mol. The lowest BCUT2D eigenvalue weighted by Crippen LogP contribution is -2.38. The average Bonchev–Trinajstić information content (AvgIpc) is 2.07. The molecule has 0 aromatic carbocycles. The van der Waals surface area contributed by atoms with Crippen LogP contribution in [0.15, 0.2) is 4.99 Å². The summed E-state index contributed by atoms with van der Waals surface area (Å²) < 4.78 is 0. The highest BCUT2D eigenvalue weighted by Gasteiger charge is 2.40. The number of nitrogens with zero attached hydrogens (tertiary/aromatic N) is 1. The maximum absolute atomic E-state index is 10.2. The van der Waals surface area contributed by atoms with Crippen molar-refractivity contribution >= 4 is 6.08 Å². The summed E-state index contributed by atoms with van der Waals surface area (Å²) in [4.78, 5) is 14.1. The number of carbonyl (C=O) groups excluding carboxylic acids is 1. The van der Waals surface area contributed by atoms with Gasteiger partial charge in [0.2, 0.25) is 6.08 Å². The molecule has 0 radical (unpaired) electrons. The molecular formula is C9H13NO. The van der Waals surface area contributed by atoms with Gasteiger partial charge >= 0.3 is 0 Å². The maximum Gasteiger partial charge on any atom is 0.235 e. The van der Waals surface area contributed by atoms with E-state index in [1.165, 1.54) is 19.3 Å². The fraction of sp³-hybridized carbons (Fsp3) is 0.889. The van der Waals surface area contributed by atoms with Crippen molar-refractivity contribution in [3.63, 3.8) is 0 Å². The minimum absolute atomic E-state index is 0.0382. The lowest BCUT2D eigenvalue weighted by atomic mass is 9.66. The Hall–Kier alpha value is -0.620. The lowest BCUT2D eigenvalue weighted by Gasteiger charge is -2.42. The molecule has 3 rings (SSSR count). The number of fused-ring (bicyclic) bond motifs is 3. The molecule has 0 aromatic heterocycles. The lowest BCUT2D eigenvalue weighted by molar-refractivity contribution is 0.143. The fourth-order valence-corrected chi connectivity index (χ4v) is 2.49. The summed E-state index contributed by atoms with van der Waals surface area (Å²) in [5, 5.41) is 0. The molecule has 0 aromatic rings. The fourth-order valence-electron chi connectivity index (χ4n) is 2.49. The summed E-state index contributed by atoms with van der Waals surface area (Å²) in [5.74, 6) is 0.943. The van der Waals surface area contributed by atoms with Gasteiger partial charge in [0.05, 0.1) is 5.54 Å². The molecule has 0 atom stereocenters. The Morgan fingerprint density at radius 3 is 2.18 bits per heavy atom. The topological polar surface area (TPSA) is 29.4 Å². The Bertz CT molecular complexity index is 184. The van der Waals surface area contributed by atoms with Gasteiger partial charge in [-0.1, -0.05) is 0 Å². The van der Waals surface area contributed by atoms with Crippen LogP contribution in [-0.4, -0.2) is 11.6 Å². The Balaban J connectivity index is 2.17. The van der Waals surface area contributed by atoms with Crippen molar-refractivity contribution < 1.29 is 4.79 Å². The zero-order chi connectivity index (χ0) is 7.73. The number of aliphatic imine (C=N–C) groups is 1. The molecule has 3 saturated carbocycles. The van der Waals surface area contributed by atoms with Crippen molar-refractivity contribution in [2.75, 3.05) is 0 Å². The van der Waals surface area contributed by atoms with E-state index in [2.05, 4.69) is 4.99 Å². The predicted octanol–water partition coefficient (Wildman–Crippen LogP) is 2.04. The summed E-state index contributed by atoms with van der Waals surface area (Å²) in [6.07, 6.45) is 8.97. The van der Waals surface area contributed by atoms with Gasteiger partial charge in [-0.2, -0.15) is 4.99 Å². The van der Waals surface area contributed by atoms with Crippen molar-refractivity contribution in [1.82, 2.24) is 0 Å². The van der Waals surface area contributed by atoms with Crippen molar-refractivity contribution in [2.45, 2.75) is 44.1 Å². The molecule has 0 heterocycles. The van der Waals surface area contributed by atoms with Crippen molar-refractivity contribution in [2.24, 2.45) is 10.9 Å². The first-order chi connectivity index (χ1) is 5.35. The van der Waals surface area contributed by atoms with E-state index in [1.807, 2.05) is 0 Å². The first-order valence-electron chi connectivity index (χ1n) is 4.44. The van der Waals surface area contributed by atoms with Crippen molar-refractivity contribution in [1.29, 1.82) is 0 Å². The Morgan fingerprint density at radius 2 is 1.73 bits per heavy atom. The van der Waals surface area contributed by atoms with Gasteiger partial charge in [0.15, 0.2) is 0 Å². The molecule has 0 unspecified atom stereocenters. The van der Waals surface area contributed by atoms with Crippen LogP contribution in [0.25, 0.3) is 0 Å². The Morgan fingerprint density at radius 1 is 1.18 bits per heavy atom. The molecule has 2 bridgehead atoms. The van der Waals surface area contributed by atoms with Crippen LogP contribution in [0.4, 0.5) is 0 Å². The van der Waals surface area contributed by atoms with Gasteiger partial charge in [-0.05, 0) is 44.4 Å². The molecule has 2 nitrogen and oxygen atoms in total. The molecule has 3 fully saturated rings. The molecule has 3 aliphatic rings. The second-order valence-corrected chi connectivity index (χ2v) is 3.91. The van der Waals surface area contributed by atoms with Gasteiger partial charge in [-0.3, -0.25) is 0 Å². The molecule has 0 spiro atoms. The zero-order valence-corrected chi connectivity index (χ0v) is 6.68. The van der Waals surface area contributed by atoms with Gasteiger partial charge in [-0.15, -0.1) is 0 Å². The standard InChI is InChI=1S/C9H13NO/c11-7-10-9-4-1-8(2-5-9)3-6-9/h8H,1-6H2. The monoisotopic (exact) mass is 151 g/mol. The first-order valence-corrected chi connectivity index (χ1v) is 4.44. The van der Waals surface area contributed by atoms with Gasteiger partial charge in [0.1, 0.15) is 0 Å². The molecule has 60 valence electrons. The highest BCUT2D eigenvalue weighted by molar-refractivity contribution is 5.35. The molecule has 2 heteroatoms. The zero-order valence-electron chi connectivity index (χ0n) is 6.68. The van der Waals surface area contributed by atoms with E-state index in [0.717, 1.165) is 25.2 Å². The highest BCUT2D eigenvalue weighted by atomic mass is 16.1. The molecule has 0 saturated heterocycles. The largest absolute Gasteiger partial charge is 0.235 e. The van der Waals surface area contributed by atoms with Crippen LogP contribution in [0.5, 0.6) is 0 Å². The Kier molecular flexibility index (Phi) is 1.57. The van der Waals surface area contributed by atoms with Crippen LogP contribution in [0.2, 0.25) is 0 Å². The number of hydrogen-bond donors (Lipinski definition) is 0. The summed E-state index contributed by atoms with van der Waals surface area (Å²) >= 11 is 0. The van der Waals surface area contributed by atoms with Crippen LogP contribution in [0.3, 0.4) is 0 Å². The molecule has 3 aliphatic carbocycles. The summed E-state index contributed by atoms with van der Waals surface area (Å²) in [6.45, 7) is 0. The minimum atomic E-state index is 0.0382. The first kappa shape index (κ1) is 7.05. The number of rotatable bonds is 1. The normalized spacial score (nSPS) is 41.6. The van der Waals surface area contributed by atoms with Crippen LogP contribution in [-0.2, 0) is 4.79 Å². The quantitative estimate of drug-likeness (QED) is 0.416. The molecule has 0 aliphatic heterocycles. The summed E-state index contributed by atoms with van der Waals surface area (Å²) in [7, 11) is 0. The van der Waals surface area contributed by atoms with Gasteiger partial charge in [-0.25, -0.2) is 4.79 Å². The van der Waals surface area contributed by atoms with Crippen LogP contribution in [0, 0.1) is 5.92 Å². The molecule has 11 heavy (non-hydrogen) atoms. The molecule has 0 amide bonds.